The monoisotopic (exact) mass is 243 g/mol. The van der Waals surface area contributed by atoms with Gasteiger partial charge in [-0.05, 0) is 32.0 Å². The minimum absolute atomic E-state index is 0.125. The zero-order valence-corrected chi connectivity index (χ0v) is 10.4. The number of rotatable bonds is 5. The predicted octanol–water partition coefficient (Wildman–Crippen LogP) is 2.51. The predicted molar refractivity (Wildman–Crippen MR) is 65.8 cm³/mol. The van der Waals surface area contributed by atoms with E-state index in [1.807, 2.05) is 19.1 Å². The van der Waals surface area contributed by atoms with Crippen LogP contribution in [0, 0.1) is 0 Å². The molecule has 1 aromatic rings. The molecule has 0 saturated carbocycles. The first-order valence-electron chi connectivity index (χ1n) is 5.36. The Morgan fingerprint density at radius 1 is 1.44 bits per heavy atom. The van der Waals surface area contributed by atoms with Crippen LogP contribution in [0.2, 0.25) is 5.02 Å². The van der Waals surface area contributed by atoms with Crippen molar-refractivity contribution in [2.24, 2.45) is 5.73 Å². The molecule has 1 rings (SSSR count). The molecule has 0 aliphatic rings. The minimum atomic E-state index is -0.356. The maximum absolute atomic E-state index is 9.13. The SMILES string of the molecule is CC(O)CCOc1ccc(Cl)cc1C(C)N. The van der Waals surface area contributed by atoms with Crippen molar-refractivity contribution in [3.8, 4) is 5.75 Å². The lowest BCUT2D eigenvalue weighted by atomic mass is 10.1. The normalized spacial score (nSPS) is 14.6. The molecular weight excluding hydrogens is 226 g/mol. The molecule has 1 aromatic carbocycles. The largest absolute Gasteiger partial charge is 0.493 e. The molecule has 0 aliphatic heterocycles. The van der Waals surface area contributed by atoms with Crippen LogP contribution < -0.4 is 10.5 Å². The highest BCUT2D eigenvalue weighted by atomic mass is 35.5. The Bertz CT molecular complexity index is 340. The molecule has 2 atom stereocenters. The number of aliphatic hydroxyl groups excluding tert-OH is 1. The van der Waals surface area contributed by atoms with E-state index >= 15 is 0 Å². The van der Waals surface area contributed by atoms with Crippen LogP contribution in [0.5, 0.6) is 5.75 Å². The number of hydrogen-bond acceptors (Lipinski definition) is 3. The molecule has 0 spiro atoms. The van der Waals surface area contributed by atoms with Crippen LogP contribution in [0.3, 0.4) is 0 Å². The van der Waals surface area contributed by atoms with Crippen molar-refractivity contribution >= 4 is 11.6 Å². The molecule has 16 heavy (non-hydrogen) atoms. The van der Waals surface area contributed by atoms with Crippen LogP contribution in [-0.4, -0.2) is 17.8 Å². The zero-order chi connectivity index (χ0) is 12.1. The zero-order valence-electron chi connectivity index (χ0n) is 9.61. The van der Waals surface area contributed by atoms with Gasteiger partial charge in [0.1, 0.15) is 5.75 Å². The Hall–Kier alpha value is -0.770. The maximum Gasteiger partial charge on any atom is 0.124 e. The van der Waals surface area contributed by atoms with E-state index < -0.39 is 0 Å². The average molecular weight is 244 g/mol. The van der Waals surface area contributed by atoms with E-state index in [0.717, 1.165) is 11.3 Å². The number of benzene rings is 1. The summed E-state index contributed by atoms with van der Waals surface area (Å²) in [6.45, 7) is 4.09. The van der Waals surface area contributed by atoms with Gasteiger partial charge in [-0.1, -0.05) is 11.6 Å². The minimum Gasteiger partial charge on any atom is -0.493 e. The second-order valence-electron chi connectivity index (χ2n) is 3.96. The third-order valence-electron chi connectivity index (χ3n) is 2.26. The highest BCUT2D eigenvalue weighted by molar-refractivity contribution is 6.30. The van der Waals surface area contributed by atoms with Crippen molar-refractivity contribution in [3.05, 3.63) is 28.8 Å². The number of halogens is 1. The topological polar surface area (TPSA) is 55.5 Å². The summed E-state index contributed by atoms with van der Waals surface area (Å²) in [6, 6.07) is 5.26. The van der Waals surface area contributed by atoms with Crippen LogP contribution in [0.25, 0.3) is 0 Å². The second-order valence-corrected chi connectivity index (χ2v) is 4.39. The van der Waals surface area contributed by atoms with Crippen molar-refractivity contribution in [2.75, 3.05) is 6.61 Å². The maximum atomic E-state index is 9.13. The van der Waals surface area contributed by atoms with E-state index in [2.05, 4.69) is 0 Å². The molecule has 0 aromatic heterocycles. The van der Waals surface area contributed by atoms with Crippen molar-refractivity contribution < 1.29 is 9.84 Å². The fraction of sp³-hybridized carbons (Fsp3) is 0.500. The summed E-state index contributed by atoms with van der Waals surface area (Å²) in [4.78, 5) is 0. The molecule has 90 valence electrons. The smallest absolute Gasteiger partial charge is 0.124 e. The summed E-state index contributed by atoms with van der Waals surface area (Å²) in [5.74, 6) is 0.736. The molecule has 0 radical (unpaired) electrons. The van der Waals surface area contributed by atoms with Gasteiger partial charge in [0.05, 0.1) is 12.7 Å². The standard InChI is InChI=1S/C12H18ClNO2/c1-8(15)5-6-16-12-4-3-10(13)7-11(12)9(2)14/h3-4,7-9,15H,5-6,14H2,1-2H3. The lowest BCUT2D eigenvalue weighted by molar-refractivity contribution is 0.155. The molecule has 0 bridgehead atoms. The molecule has 3 N–H and O–H groups in total. The third kappa shape index (κ3) is 4.00. The molecule has 0 heterocycles. The van der Waals surface area contributed by atoms with Gasteiger partial charge in [0.25, 0.3) is 0 Å². The molecule has 0 saturated heterocycles. The quantitative estimate of drug-likeness (QED) is 0.836. The van der Waals surface area contributed by atoms with Crippen LogP contribution in [0.15, 0.2) is 18.2 Å². The van der Waals surface area contributed by atoms with Crippen molar-refractivity contribution in [3.63, 3.8) is 0 Å². The van der Waals surface area contributed by atoms with Crippen molar-refractivity contribution in [1.29, 1.82) is 0 Å². The fourth-order valence-corrected chi connectivity index (χ4v) is 1.53. The van der Waals surface area contributed by atoms with Gasteiger partial charge in [0, 0.05) is 23.0 Å². The molecule has 3 nitrogen and oxygen atoms in total. The van der Waals surface area contributed by atoms with Gasteiger partial charge < -0.3 is 15.6 Å². The Balaban J connectivity index is 2.71. The summed E-state index contributed by atoms with van der Waals surface area (Å²) >= 11 is 5.89. The lowest BCUT2D eigenvalue weighted by Crippen LogP contribution is -2.11. The summed E-state index contributed by atoms with van der Waals surface area (Å²) in [6.07, 6.45) is 0.243. The summed E-state index contributed by atoms with van der Waals surface area (Å²) in [5.41, 5.74) is 6.71. The highest BCUT2D eigenvalue weighted by Gasteiger charge is 2.09. The van der Waals surface area contributed by atoms with E-state index in [1.54, 1.807) is 13.0 Å². The molecule has 2 unspecified atom stereocenters. The first kappa shape index (κ1) is 13.3. The van der Waals surface area contributed by atoms with Gasteiger partial charge in [-0.3, -0.25) is 0 Å². The number of ether oxygens (including phenoxy) is 1. The van der Waals surface area contributed by atoms with Gasteiger partial charge in [0.15, 0.2) is 0 Å². The van der Waals surface area contributed by atoms with E-state index in [9.17, 15) is 0 Å². The lowest BCUT2D eigenvalue weighted by Gasteiger charge is -2.14. The van der Waals surface area contributed by atoms with Gasteiger partial charge in [0.2, 0.25) is 0 Å². The highest BCUT2D eigenvalue weighted by Crippen LogP contribution is 2.27. The van der Waals surface area contributed by atoms with Gasteiger partial charge in [-0.2, -0.15) is 0 Å². The van der Waals surface area contributed by atoms with Gasteiger partial charge >= 0.3 is 0 Å². The average Bonchev–Trinajstić information content (AvgIpc) is 2.19. The van der Waals surface area contributed by atoms with Crippen LogP contribution >= 0.6 is 11.6 Å². The Morgan fingerprint density at radius 2 is 2.12 bits per heavy atom. The number of hydrogen-bond donors (Lipinski definition) is 2. The molecule has 0 aliphatic carbocycles. The van der Waals surface area contributed by atoms with E-state index in [0.29, 0.717) is 18.1 Å². The van der Waals surface area contributed by atoms with Crippen LogP contribution in [0.1, 0.15) is 31.9 Å². The Kier molecular flexibility index (Phi) is 5.06. The Morgan fingerprint density at radius 3 is 2.69 bits per heavy atom. The van der Waals surface area contributed by atoms with Gasteiger partial charge in [-0.15, -0.1) is 0 Å². The fourth-order valence-electron chi connectivity index (χ4n) is 1.35. The van der Waals surface area contributed by atoms with Gasteiger partial charge in [-0.25, -0.2) is 0 Å². The Labute approximate surface area is 101 Å². The summed E-state index contributed by atoms with van der Waals surface area (Å²) in [5, 5.41) is 9.78. The molecule has 4 heteroatoms. The van der Waals surface area contributed by atoms with E-state index in [1.165, 1.54) is 0 Å². The first-order valence-corrected chi connectivity index (χ1v) is 5.74. The second kappa shape index (κ2) is 6.09. The van der Waals surface area contributed by atoms with Crippen LogP contribution in [0.4, 0.5) is 0 Å². The number of nitrogens with two attached hydrogens (primary N) is 1. The van der Waals surface area contributed by atoms with E-state index in [-0.39, 0.29) is 12.1 Å². The molecular formula is C12H18ClNO2. The number of aliphatic hydroxyl groups is 1. The van der Waals surface area contributed by atoms with Crippen LogP contribution in [-0.2, 0) is 0 Å². The van der Waals surface area contributed by atoms with Crippen molar-refractivity contribution in [2.45, 2.75) is 32.4 Å². The molecule has 0 amide bonds. The summed E-state index contributed by atoms with van der Waals surface area (Å²) in [7, 11) is 0. The van der Waals surface area contributed by atoms with E-state index in [4.69, 9.17) is 27.2 Å². The molecule has 0 fully saturated rings. The van der Waals surface area contributed by atoms with Crippen molar-refractivity contribution in [1.82, 2.24) is 0 Å². The summed E-state index contributed by atoms with van der Waals surface area (Å²) < 4.78 is 5.57. The first-order chi connectivity index (χ1) is 7.50. The third-order valence-corrected chi connectivity index (χ3v) is 2.49.